The summed E-state index contributed by atoms with van der Waals surface area (Å²) in [5.41, 5.74) is 0.0550. The molecule has 0 aromatic rings. The van der Waals surface area contributed by atoms with Crippen molar-refractivity contribution in [2.24, 2.45) is 0 Å². The number of nitrogens with one attached hydrogen (secondary N) is 1. The average Bonchev–Trinajstić information content (AvgIpc) is 2.11. The first kappa shape index (κ1) is 9.38. The molecule has 0 heterocycles. The van der Waals surface area contributed by atoms with Gasteiger partial charge < -0.3 is 5.32 Å². The molecule has 4 heteroatoms. The third-order valence-electron chi connectivity index (χ3n) is 1.55. The summed E-state index contributed by atoms with van der Waals surface area (Å²) in [5.74, 6) is -0.907. The van der Waals surface area contributed by atoms with Crippen molar-refractivity contribution in [3.8, 4) is 0 Å². The van der Waals surface area contributed by atoms with Crippen molar-refractivity contribution in [2.45, 2.75) is 13.3 Å². The Hall–Kier alpha value is -1.71. The van der Waals surface area contributed by atoms with Crippen LogP contribution < -0.4 is 5.32 Å². The highest BCUT2D eigenvalue weighted by molar-refractivity contribution is 6.18. The summed E-state index contributed by atoms with van der Waals surface area (Å²) in [7, 11) is 0. The number of carbonyl (C=O) groups excluding carboxylic acids is 3. The number of rotatable bonds is 2. The number of ketones is 2. The van der Waals surface area contributed by atoms with Gasteiger partial charge in [-0.1, -0.05) is 6.92 Å². The minimum Gasteiger partial charge on any atom is -0.323 e. The Morgan fingerprint density at radius 1 is 1.38 bits per heavy atom. The smallest absolute Gasteiger partial charge is 0.224 e. The lowest BCUT2D eigenvalue weighted by Crippen LogP contribution is -2.27. The van der Waals surface area contributed by atoms with Crippen molar-refractivity contribution in [3.05, 3.63) is 23.9 Å². The van der Waals surface area contributed by atoms with Crippen molar-refractivity contribution >= 4 is 17.5 Å². The van der Waals surface area contributed by atoms with Crippen LogP contribution in [0.1, 0.15) is 13.3 Å². The minimum absolute atomic E-state index is 0.0550. The van der Waals surface area contributed by atoms with Crippen LogP contribution in [0.5, 0.6) is 0 Å². The summed E-state index contributed by atoms with van der Waals surface area (Å²) in [6, 6.07) is 0. The molecule has 68 valence electrons. The van der Waals surface area contributed by atoms with Crippen molar-refractivity contribution in [1.82, 2.24) is 5.32 Å². The molecule has 1 N–H and O–H groups in total. The summed E-state index contributed by atoms with van der Waals surface area (Å²) in [6.45, 7) is 1.67. The van der Waals surface area contributed by atoms with Crippen molar-refractivity contribution in [2.75, 3.05) is 0 Å². The monoisotopic (exact) mass is 179 g/mol. The van der Waals surface area contributed by atoms with Gasteiger partial charge in [0.15, 0.2) is 5.78 Å². The third kappa shape index (κ3) is 2.37. The standard InChI is InChI=1S/C9H9NO3/c1-2-9(13)10-7-5-6(11)3-4-8(7)12/h3-5H,2H2,1H3,(H,10,13). The number of carbonyl (C=O) groups is 3. The Bertz CT molecular complexity index is 326. The van der Waals surface area contributed by atoms with Gasteiger partial charge in [0.25, 0.3) is 0 Å². The van der Waals surface area contributed by atoms with Gasteiger partial charge >= 0.3 is 0 Å². The summed E-state index contributed by atoms with van der Waals surface area (Å²) in [6.07, 6.45) is 3.72. The summed E-state index contributed by atoms with van der Waals surface area (Å²) >= 11 is 0. The summed E-state index contributed by atoms with van der Waals surface area (Å²) in [5, 5.41) is 2.35. The minimum atomic E-state index is -0.346. The van der Waals surface area contributed by atoms with E-state index in [1.54, 1.807) is 6.92 Å². The SMILES string of the molecule is CCC(=O)NC1=CC(=O)C=CC1=O. The molecule has 1 aliphatic rings. The number of amides is 1. The van der Waals surface area contributed by atoms with E-state index < -0.39 is 0 Å². The molecule has 0 radical (unpaired) electrons. The van der Waals surface area contributed by atoms with E-state index in [0.29, 0.717) is 0 Å². The molecule has 0 saturated heterocycles. The molecular weight excluding hydrogens is 170 g/mol. The van der Waals surface area contributed by atoms with Gasteiger partial charge in [-0.3, -0.25) is 14.4 Å². The van der Waals surface area contributed by atoms with Crippen LogP contribution in [-0.2, 0) is 14.4 Å². The zero-order valence-electron chi connectivity index (χ0n) is 7.16. The average molecular weight is 179 g/mol. The largest absolute Gasteiger partial charge is 0.323 e. The fourth-order valence-electron chi connectivity index (χ4n) is 0.845. The van der Waals surface area contributed by atoms with Crippen LogP contribution in [0.25, 0.3) is 0 Å². The second-order valence-electron chi connectivity index (χ2n) is 2.56. The first-order valence-electron chi connectivity index (χ1n) is 3.91. The van der Waals surface area contributed by atoms with E-state index in [1.807, 2.05) is 0 Å². The molecule has 1 aliphatic carbocycles. The van der Waals surface area contributed by atoms with Crippen molar-refractivity contribution in [3.63, 3.8) is 0 Å². The van der Waals surface area contributed by atoms with Crippen LogP contribution in [0.3, 0.4) is 0 Å². The lowest BCUT2D eigenvalue weighted by Gasteiger charge is -2.07. The lowest BCUT2D eigenvalue weighted by molar-refractivity contribution is -0.122. The van der Waals surface area contributed by atoms with E-state index in [4.69, 9.17) is 0 Å². The van der Waals surface area contributed by atoms with E-state index >= 15 is 0 Å². The lowest BCUT2D eigenvalue weighted by atomic mass is 10.1. The number of hydrogen-bond acceptors (Lipinski definition) is 3. The second kappa shape index (κ2) is 3.80. The van der Waals surface area contributed by atoms with Gasteiger partial charge in [0, 0.05) is 12.5 Å². The molecule has 0 fully saturated rings. The highest BCUT2D eigenvalue weighted by Gasteiger charge is 2.14. The number of allylic oxidation sites excluding steroid dienone is 3. The van der Waals surface area contributed by atoms with Gasteiger partial charge in [0.1, 0.15) is 0 Å². The maximum Gasteiger partial charge on any atom is 0.224 e. The first-order chi connectivity index (χ1) is 6.13. The zero-order chi connectivity index (χ0) is 9.84. The van der Waals surface area contributed by atoms with Crippen LogP contribution in [0.2, 0.25) is 0 Å². The van der Waals surface area contributed by atoms with Crippen LogP contribution in [-0.4, -0.2) is 17.5 Å². The van der Waals surface area contributed by atoms with Gasteiger partial charge in [-0.25, -0.2) is 0 Å². The van der Waals surface area contributed by atoms with Gasteiger partial charge in [0.2, 0.25) is 11.7 Å². The second-order valence-corrected chi connectivity index (χ2v) is 2.56. The number of hydrogen-bond donors (Lipinski definition) is 1. The Kier molecular flexibility index (Phi) is 2.74. The van der Waals surface area contributed by atoms with Crippen LogP contribution in [0.15, 0.2) is 23.9 Å². The summed E-state index contributed by atoms with van der Waals surface area (Å²) < 4.78 is 0. The molecule has 0 aromatic carbocycles. The highest BCUT2D eigenvalue weighted by Crippen LogP contribution is 2.01. The zero-order valence-corrected chi connectivity index (χ0v) is 7.16. The first-order valence-corrected chi connectivity index (χ1v) is 3.91. The van der Waals surface area contributed by atoms with E-state index in [0.717, 1.165) is 12.2 Å². The topological polar surface area (TPSA) is 63.2 Å². The van der Waals surface area contributed by atoms with E-state index in [2.05, 4.69) is 5.32 Å². The molecule has 0 unspecified atom stereocenters. The van der Waals surface area contributed by atoms with Crippen LogP contribution >= 0.6 is 0 Å². The predicted octanol–water partition coefficient (Wildman–Crippen LogP) is 0.104. The van der Waals surface area contributed by atoms with Crippen molar-refractivity contribution < 1.29 is 14.4 Å². The Morgan fingerprint density at radius 3 is 2.69 bits per heavy atom. The highest BCUT2D eigenvalue weighted by atomic mass is 16.2. The maximum absolute atomic E-state index is 11.1. The Labute approximate surface area is 75.3 Å². The molecule has 0 spiro atoms. The van der Waals surface area contributed by atoms with Gasteiger partial charge in [-0.05, 0) is 12.2 Å². The Morgan fingerprint density at radius 2 is 2.08 bits per heavy atom. The van der Waals surface area contributed by atoms with E-state index in [-0.39, 0.29) is 29.6 Å². The summed E-state index contributed by atoms with van der Waals surface area (Å²) in [4.78, 5) is 32.8. The van der Waals surface area contributed by atoms with Crippen LogP contribution in [0.4, 0.5) is 0 Å². The molecule has 1 rings (SSSR count). The third-order valence-corrected chi connectivity index (χ3v) is 1.55. The van der Waals surface area contributed by atoms with Gasteiger partial charge in [-0.2, -0.15) is 0 Å². The fourth-order valence-corrected chi connectivity index (χ4v) is 0.845. The predicted molar refractivity (Wildman–Crippen MR) is 45.7 cm³/mol. The fraction of sp³-hybridized carbons (Fsp3) is 0.222. The van der Waals surface area contributed by atoms with Gasteiger partial charge in [0.05, 0.1) is 5.70 Å². The molecule has 0 bridgehead atoms. The molecule has 13 heavy (non-hydrogen) atoms. The molecular formula is C9H9NO3. The molecule has 0 saturated carbocycles. The normalized spacial score (nSPS) is 15.6. The molecule has 0 aromatic heterocycles. The molecule has 1 amide bonds. The van der Waals surface area contributed by atoms with Crippen molar-refractivity contribution in [1.29, 1.82) is 0 Å². The van der Waals surface area contributed by atoms with E-state index in [1.165, 1.54) is 6.08 Å². The van der Waals surface area contributed by atoms with Crippen LogP contribution in [0, 0.1) is 0 Å². The Balaban J connectivity index is 2.74. The molecule has 0 atom stereocenters. The molecule has 0 aliphatic heterocycles. The van der Waals surface area contributed by atoms with Gasteiger partial charge in [-0.15, -0.1) is 0 Å². The molecule has 4 nitrogen and oxygen atoms in total. The quantitative estimate of drug-likeness (QED) is 0.611. The maximum atomic E-state index is 11.1. The van der Waals surface area contributed by atoms with E-state index in [9.17, 15) is 14.4 Å².